The Balaban J connectivity index is 2.10. The molecule has 3 rings (SSSR count). The number of halogens is 1. The molecule has 2 aromatic heterocycles. The van der Waals surface area contributed by atoms with Crippen molar-refractivity contribution in [1.29, 1.82) is 0 Å². The second-order valence-corrected chi connectivity index (χ2v) is 5.92. The second-order valence-electron chi connectivity index (χ2n) is 4.09. The Labute approximate surface area is 128 Å². The van der Waals surface area contributed by atoms with Gasteiger partial charge in [-0.3, -0.25) is 4.79 Å². The van der Waals surface area contributed by atoms with Gasteiger partial charge in [-0.1, -0.05) is 18.2 Å². The van der Waals surface area contributed by atoms with Gasteiger partial charge in [0, 0.05) is 17.1 Å². The topological polar surface area (TPSA) is 42.9 Å². The highest BCUT2D eigenvalue weighted by Crippen LogP contribution is 2.33. The first kappa shape index (κ1) is 13.3. The molecule has 3 aromatic rings. The van der Waals surface area contributed by atoms with E-state index in [4.69, 9.17) is 0 Å². The van der Waals surface area contributed by atoms with Gasteiger partial charge in [-0.15, -0.1) is 0 Å². The quantitative estimate of drug-likeness (QED) is 0.662. The molecule has 0 radical (unpaired) electrons. The van der Waals surface area contributed by atoms with E-state index < -0.39 is 0 Å². The number of nitrogens with zero attached hydrogens (tertiary/aromatic N) is 2. The zero-order valence-corrected chi connectivity index (χ0v) is 12.7. The maximum Gasteiger partial charge on any atom is 0.152 e. The largest absolute Gasteiger partial charge is 0.298 e. The number of hydrogen-bond acceptors (Lipinski definition) is 4. The van der Waals surface area contributed by atoms with Gasteiger partial charge in [0.05, 0.1) is 9.99 Å². The van der Waals surface area contributed by atoms with E-state index in [0.717, 1.165) is 26.7 Å². The van der Waals surface area contributed by atoms with Crippen molar-refractivity contribution in [3.8, 4) is 0 Å². The normalized spacial score (nSPS) is 10.7. The Morgan fingerprint density at radius 2 is 1.95 bits per heavy atom. The lowest BCUT2D eigenvalue weighted by Gasteiger charge is -2.06. The average Bonchev–Trinajstić information content (AvgIpc) is 2.49. The monoisotopic (exact) mass is 344 g/mol. The molecule has 20 heavy (non-hydrogen) atoms. The third-order valence-corrected chi connectivity index (χ3v) is 4.70. The summed E-state index contributed by atoms with van der Waals surface area (Å²) in [5.74, 6) is 0. The molecule has 0 spiro atoms. The van der Waals surface area contributed by atoms with Crippen LogP contribution >= 0.6 is 27.7 Å². The predicted molar refractivity (Wildman–Crippen MR) is 83.2 cm³/mol. The summed E-state index contributed by atoms with van der Waals surface area (Å²) in [5.41, 5.74) is 1.44. The number of rotatable bonds is 3. The van der Waals surface area contributed by atoms with Crippen LogP contribution in [0.4, 0.5) is 0 Å². The number of benzene rings is 1. The van der Waals surface area contributed by atoms with Crippen LogP contribution in [0.5, 0.6) is 0 Å². The van der Waals surface area contributed by atoms with Gasteiger partial charge in [0.15, 0.2) is 6.29 Å². The van der Waals surface area contributed by atoms with Crippen LogP contribution in [0.3, 0.4) is 0 Å². The number of aromatic nitrogens is 2. The van der Waals surface area contributed by atoms with Crippen LogP contribution < -0.4 is 0 Å². The summed E-state index contributed by atoms with van der Waals surface area (Å²) in [6, 6.07) is 13.4. The first-order valence-electron chi connectivity index (χ1n) is 5.91. The number of carbonyl (C=O) groups excluding carboxylic acids is 1. The number of pyridine rings is 2. The molecular formula is C15H9BrN2OS. The van der Waals surface area contributed by atoms with Crippen molar-refractivity contribution in [1.82, 2.24) is 9.97 Å². The van der Waals surface area contributed by atoms with Gasteiger partial charge >= 0.3 is 0 Å². The number of carbonyl (C=O) groups is 1. The minimum Gasteiger partial charge on any atom is -0.298 e. The molecule has 0 unspecified atom stereocenters. The Bertz CT molecular complexity index is 792. The summed E-state index contributed by atoms with van der Waals surface area (Å²) in [6.07, 6.45) is 2.55. The van der Waals surface area contributed by atoms with E-state index in [9.17, 15) is 4.79 Å². The fourth-order valence-electron chi connectivity index (χ4n) is 1.82. The third-order valence-electron chi connectivity index (χ3n) is 2.76. The van der Waals surface area contributed by atoms with Crippen molar-refractivity contribution in [3.05, 3.63) is 58.7 Å². The maximum absolute atomic E-state index is 11.3. The minimum atomic E-state index is 0.575. The minimum absolute atomic E-state index is 0.575. The van der Waals surface area contributed by atoms with E-state index in [0.29, 0.717) is 10.6 Å². The van der Waals surface area contributed by atoms with E-state index in [-0.39, 0.29) is 0 Å². The van der Waals surface area contributed by atoms with Gasteiger partial charge in [-0.2, -0.15) is 0 Å². The molecule has 0 bridgehead atoms. The molecule has 0 fully saturated rings. The highest BCUT2D eigenvalue weighted by molar-refractivity contribution is 9.10. The van der Waals surface area contributed by atoms with Gasteiger partial charge < -0.3 is 0 Å². The molecule has 0 aliphatic rings. The van der Waals surface area contributed by atoms with Gasteiger partial charge in [-0.05, 0) is 52.0 Å². The van der Waals surface area contributed by atoms with Crippen LogP contribution in [0.15, 0.2) is 63.2 Å². The molecule has 3 nitrogen and oxygen atoms in total. The smallest absolute Gasteiger partial charge is 0.152 e. The van der Waals surface area contributed by atoms with E-state index in [2.05, 4.69) is 25.9 Å². The molecule has 0 aliphatic carbocycles. The number of hydrogen-bond donors (Lipinski definition) is 0. The first-order chi connectivity index (χ1) is 9.78. The summed E-state index contributed by atoms with van der Waals surface area (Å²) >= 11 is 4.83. The Morgan fingerprint density at radius 3 is 2.75 bits per heavy atom. The lowest BCUT2D eigenvalue weighted by atomic mass is 10.2. The van der Waals surface area contributed by atoms with Gasteiger partial charge in [-0.25, -0.2) is 9.97 Å². The van der Waals surface area contributed by atoms with Crippen LogP contribution in [-0.2, 0) is 0 Å². The highest BCUT2D eigenvalue weighted by Gasteiger charge is 2.10. The van der Waals surface area contributed by atoms with Crippen molar-refractivity contribution in [2.45, 2.75) is 10.1 Å². The zero-order valence-electron chi connectivity index (χ0n) is 10.3. The molecule has 0 amide bonds. The molecule has 0 saturated carbocycles. The molecule has 2 heterocycles. The summed E-state index contributed by atoms with van der Waals surface area (Å²) in [7, 11) is 0. The van der Waals surface area contributed by atoms with E-state index in [1.165, 1.54) is 11.8 Å². The third kappa shape index (κ3) is 2.59. The van der Waals surface area contributed by atoms with Gasteiger partial charge in [0.2, 0.25) is 0 Å². The standard InChI is InChI=1S/C15H9BrN2OS/c16-12-5-3-7-17-15(12)20-14-11(9-19)8-10-4-1-2-6-13(10)18-14/h1-9H. The Kier molecular flexibility index (Phi) is 3.80. The molecule has 1 aromatic carbocycles. The Hall–Kier alpha value is -1.72. The van der Waals surface area contributed by atoms with E-state index in [1.54, 1.807) is 6.20 Å². The van der Waals surface area contributed by atoms with Gasteiger partial charge in [0.25, 0.3) is 0 Å². The Morgan fingerprint density at radius 1 is 1.10 bits per heavy atom. The fourth-order valence-corrected chi connectivity index (χ4v) is 3.15. The van der Waals surface area contributed by atoms with E-state index >= 15 is 0 Å². The van der Waals surface area contributed by atoms with Gasteiger partial charge in [0.1, 0.15) is 10.1 Å². The molecule has 0 N–H and O–H groups in total. The number of para-hydroxylation sites is 1. The highest BCUT2D eigenvalue weighted by atomic mass is 79.9. The van der Waals surface area contributed by atoms with Crippen molar-refractivity contribution >= 4 is 44.9 Å². The molecule has 0 atom stereocenters. The van der Waals surface area contributed by atoms with Crippen LogP contribution in [0.25, 0.3) is 10.9 Å². The van der Waals surface area contributed by atoms with Crippen LogP contribution in [0.1, 0.15) is 10.4 Å². The summed E-state index contributed by atoms with van der Waals surface area (Å²) in [4.78, 5) is 20.1. The fraction of sp³-hybridized carbons (Fsp3) is 0. The number of aldehydes is 1. The van der Waals surface area contributed by atoms with Crippen molar-refractivity contribution in [2.24, 2.45) is 0 Å². The predicted octanol–water partition coefficient (Wildman–Crippen LogP) is 4.36. The SMILES string of the molecule is O=Cc1cc2ccccc2nc1Sc1ncccc1Br. The summed E-state index contributed by atoms with van der Waals surface area (Å²) in [6.45, 7) is 0. The maximum atomic E-state index is 11.3. The van der Waals surface area contributed by atoms with Crippen molar-refractivity contribution in [2.75, 3.05) is 0 Å². The summed E-state index contributed by atoms with van der Waals surface area (Å²) < 4.78 is 0.886. The first-order valence-corrected chi connectivity index (χ1v) is 7.52. The molecule has 0 aliphatic heterocycles. The number of fused-ring (bicyclic) bond motifs is 1. The average molecular weight is 345 g/mol. The van der Waals surface area contributed by atoms with Crippen LogP contribution in [-0.4, -0.2) is 16.3 Å². The molecule has 0 saturated heterocycles. The van der Waals surface area contributed by atoms with Crippen LogP contribution in [0.2, 0.25) is 0 Å². The molecule has 98 valence electrons. The molecule has 5 heteroatoms. The van der Waals surface area contributed by atoms with Crippen molar-refractivity contribution in [3.63, 3.8) is 0 Å². The lowest BCUT2D eigenvalue weighted by molar-refractivity contribution is 0.112. The van der Waals surface area contributed by atoms with Crippen LogP contribution in [0, 0.1) is 0 Å². The second kappa shape index (κ2) is 5.73. The molecular weight excluding hydrogens is 336 g/mol. The van der Waals surface area contributed by atoms with E-state index in [1.807, 2.05) is 42.5 Å². The van der Waals surface area contributed by atoms with Crippen molar-refractivity contribution < 1.29 is 4.79 Å². The zero-order chi connectivity index (χ0) is 13.9. The summed E-state index contributed by atoms with van der Waals surface area (Å²) in [5, 5.41) is 2.41. The lowest BCUT2D eigenvalue weighted by Crippen LogP contribution is -1.92.